The van der Waals surface area contributed by atoms with Crippen LogP contribution in [0.4, 0.5) is 5.82 Å². The first-order chi connectivity index (χ1) is 9.11. The van der Waals surface area contributed by atoms with Crippen molar-refractivity contribution < 1.29 is 4.79 Å². The number of hydrazine groups is 1. The first kappa shape index (κ1) is 13.9. The van der Waals surface area contributed by atoms with Gasteiger partial charge in [0.2, 0.25) is 0 Å². The second kappa shape index (κ2) is 6.09. The number of nitrogen functional groups attached to an aromatic ring is 1. The molecule has 0 aliphatic heterocycles. The van der Waals surface area contributed by atoms with Gasteiger partial charge >= 0.3 is 0 Å². The van der Waals surface area contributed by atoms with E-state index in [-0.39, 0.29) is 5.91 Å². The first-order valence-corrected chi connectivity index (χ1v) is 7.08. The minimum Gasteiger partial charge on any atom is -0.347 e. The maximum atomic E-state index is 12.1. The van der Waals surface area contributed by atoms with Gasteiger partial charge in [0, 0.05) is 15.5 Å². The van der Waals surface area contributed by atoms with Gasteiger partial charge in [-0.1, -0.05) is 0 Å². The average Bonchev–Trinajstić information content (AvgIpc) is 2.81. The van der Waals surface area contributed by atoms with Gasteiger partial charge in [0.1, 0.15) is 0 Å². The topological polar surface area (TPSA) is 92.9 Å². The summed E-state index contributed by atoms with van der Waals surface area (Å²) in [6.07, 6.45) is 1.57. The van der Waals surface area contributed by atoms with E-state index >= 15 is 0 Å². The summed E-state index contributed by atoms with van der Waals surface area (Å²) in [6, 6.07) is 1.66. The first-order valence-electron chi connectivity index (χ1n) is 5.41. The number of nitrogens with one attached hydrogen (secondary N) is 2. The standard InChI is InChI=1S/C11H12BrN5OS/c1-6-9(19-5-16-6)4-15-11(18)8-2-7(12)3-14-10(8)17-13/h2-3,5H,4,13H2,1H3,(H,14,17)(H,15,18). The zero-order chi connectivity index (χ0) is 13.8. The molecule has 0 aromatic carbocycles. The Balaban J connectivity index is 2.12. The van der Waals surface area contributed by atoms with Gasteiger partial charge in [-0.15, -0.1) is 11.3 Å². The Morgan fingerprint density at radius 1 is 1.53 bits per heavy atom. The number of aryl methyl sites for hydroxylation is 1. The zero-order valence-corrected chi connectivity index (χ0v) is 12.5. The van der Waals surface area contributed by atoms with Crippen LogP contribution in [0.1, 0.15) is 20.9 Å². The van der Waals surface area contributed by atoms with Gasteiger partial charge in [-0.2, -0.15) is 0 Å². The number of halogens is 1. The molecule has 0 unspecified atom stereocenters. The highest BCUT2D eigenvalue weighted by Crippen LogP contribution is 2.18. The van der Waals surface area contributed by atoms with E-state index in [9.17, 15) is 4.79 Å². The number of thiazole rings is 1. The van der Waals surface area contributed by atoms with E-state index in [1.807, 2.05) is 6.92 Å². The zero-order valence-electron chi connectivity index (χ0n) is 10.1. The average molecular weight is 342 g/mol. The highest BCUT2D eigenvalue weighted by molar-refractivity contribution is 9.10. The Morgan fingerprint density at radius 2 is 2.32 bits per heavy atom. The lowest BCUT2D eigenvalue weighted by Crippen LogP contribution is -2.25. The van der Waals surface area contributed by atoms with Crippen molar-refractivity contribution in [2.24, 2.45) is 5.84 Å². The molecule has 0 radical (unpaired) electrons. The molecule has 100 valence electrons. The molecular weight excluding hydrogens is 330 g/mol. The van der Waals surface area contributed by atoms with Gasteiger partial charge in [0.15, 0.2) is 5.82 Å². The molecule has 2 heterocycles. The molecule has 0 saturated heterocycles. The highest BCUT2D eigenvalue weighted by atomic mass is 79.9. The predicted octanol–water partition coefficient (Wildman–Crippen LogP) is 1.82. The van der Waals surface area contributed by atoms with Crippen molar-refractivity contribution in [3.05, 3.63) is 38.4 Å². The Labute approximate surface area is 122 Å². The Morgan fingerprint density at radius 3 is 2.95 bits per heavy atom. The summed E-state index contributed by atoms with van der Waals surface area (Å²) in [4.78, 5) is 21.3. The van der Waals surface area contributed by atoms with Gasteiger partial charge in [0.05, 0.1) is 23.3 Å². The van der Waals surface area contributed by atoms with Gasteiger partial charge in [-0.3, -0.25) is 4.79 Å². The van der Waals surface area contributed by atoms with Crippen molar-refractivity contribution in [2.75, 3.05) is 5.43 Å². The molecular formula is C11H12BrN5OS. The van der Waals surface area contributed by atoms with Gasteiger partial charge in [-0.05, 0) is 28.9 Å². The molecule has 0 fully saturated rings. The van der Waals surface area contributed by atoms with Crippen LogP contribution in [-0.4, -0.2) is 15.9 Å². The van der Waals surface area contributed by atoms with Crippen LogP contribution in [0.5, 0.6) is 0 Å². The molecule has 2 aromatic heterocycles. The number of carbonyl (C=O) groups excluding carboxylic acids is 1. The van der Waals surface area contributed by atoms with Crippen LogP contribution in [-0.2, 0) is 6.54 Å². The van der Waals surface area contributed by atoms with Crippen molar-refractivity contribution in [1.82, 2.24) is 15.3 Å². The maximum Gasteiger partial charge on any atom is 0.255 e. The van der Waals surface area contributed by atoms with E-state index in [4.69, 9.17) is 5.84 Å². The van der Waals surface area contributed by atoms with Crippen LogP contribution in [0.15, 0.2) is 22.2 Å². The third-order valence-corrected chi connectivity index (χ3v) is 3.86. The van der Waals surface area contributed by atoms with Gasteiger partial charge in [-0.25, -0.2) is 15.8 Å². The normalized spacial score (nSPS) is 10.3. The second-order valence-corrected chi connectivity index (χ2v) is 5.59. The summed E-state index contributed by atoms with van der Waals surface area (Å²) in [6.45, 7) is 2.34. The summed E-state index contributed by atoms with van der Waals surface area (Å²) in [5.74, 6) is 5.43. The quantitative estimate of drug-likeness (QED) is 0.582. The van der Waals surface area contributed by atoms with Crippen molar-refractivity contribution in [2.45, 2.75) is 13.5 Å². The molecule has 0 saturated carbocycles. The van der Waals surface area contributed by atoms with E-state index in [0.29, 0.717) is 22.4 Å². The SMILES string of the molecule is Cc1ncsc1CNC(=O)c1cc(Br)cnc1NN. The fourth-order valence-electron chi connectivity index (χ4n) is 1.48. The highest BCUT2D eigenvalue weighted by Gasteiger charge is 2.13. The number of rotatable bonds is 4. The molecule has 0 aliphatic carbocycles. The van der Waals surface area contributed by atoms with E-state index < -0.39 is 0 Å². The number of anilines is 1. The third-order valence-electron chi connectivity index (χ3n) is 2.49. The number of aromatic nitrogens is 2. The lowest BCUT2D eigenvalue weighted by atomic mass is 10.2. The number of hydrogen-bond acceptors (Lipinski definition) is 6. The number of amides is 1. The van der Waals surface area contributed by atoms with Gasteiger partial charge in [0.25, 0.3) is 5.91 Å². The smallest absolute Gasteiger partial charge is 0.255 e. The Kier molecular flexibility index (Phi) is 4.46. The molecule has 8 heteroatoms. The fraction of sp³-hybridized carbons (Fsp3) is 0.182. The Bertz CT molecular complexity index is 601. The van der Waals surface area contributed by atoms with Crippen molar-refractivity contribution in [1.29, 1.82) is 0 Å². The molecule has 6 nitrogen and oxygen atoms in total. The molecule has 1 amide bonds. The van der Waals surface area contributed by atoms with Crippen molar-refractivity contribution >= 4 is 39.0 Å². The number of nitrogens with two attached hydrogens (primary N) is 1. The molecule has 0 bridgehead atoms. The summed E-state index contributed by atoms with van der Waals surface area (Å²) in [5, 5.41) is 2.82. The molecule has 0 aliphatic rings. The van der Waals surface area contributed by atoms with E-state index in [2.05, 4.69) is 36.6 Å². The fourth-order valence-corrected chi connectivity index (χ4v) is 2.53. The third kappa shape index (κ3) is 3.28. The lowest BCUT2D eigenvalue weighted by Gasteiger charge is -2.08. The monoisotopic (exact) mass is 341 g/mol. The van der Waals surface area contributed by atoms with Crippen molar-refractivity contribution in [3.63, 3.8) is 0 Å². The number of carbonyl (C=O) groups is 1. The van der Waals surface area contributed by atoms with Crippen LogP contribution in [0, 0.1) is 6.92 Å². The van der Waals surface area contributed by atoms with E-state index in [0.717, 1.165) is 10.6 Å². The lowest BCUT2D eigenvalue weighted by molar-refractivity contribution is 0.0951. The maximum absolute atomic E-state index is 12.1. The molecule has 19 heavy (non-hydrogen) atoms. The summed E-state index contributed by atoms with van der Waals surface area (Å²) in [7, 11) is 0. The summed E-state index contributed by atoms with van der Waals surface area (Å²) in [5.41, 5.74) is 5.47. The number of hydrogen-bond donors (Lipinski definition) is 3. The molecule has 2 rings (SSSR count). The molecule has 0 atom stereocenters. The minimum atomic E-state index is -0.241. The van der Waals surface area contributed by atoms with Crippen LogP contribution < -0.4 is 16.6 Å². The summed E-state index contributed by atoms with van der Waals surface area (Å²) < 4.78 is 0.714. The molecule has 4 N–H and O–H groups in total. The van der Waals surface area contributed by atoms with Gasteiger partial charge < -0.3 is 10.7 Å². The van der Waals surface area contributed by atoms with E-state index in [1.165, 1.54) is 11.3 Å². The van der Waals surface area contributed by atoms with Crippen LogP contribution in [0.2, 0.25) is 0 Å². The minimum absolute atomic E-state index is 0.241. The molecule has 0 spiro atoms. The molecule has 2 aromatic rings. The number of pyridine rings is 1. The van der Waals surface area contributed by atoms with Crippen LogP contribution in [0.3, 0.4) is 0 Å². The van der Waals surface area contributed by atoms with Crippen LogP contribution in [0.25, 0.3) is 0 Å². The Hall–Kier alpha value is -1.51. The summed E-state index contributed by atoms with van der Waals surface area (Å²) >= 11 is 4.78. The largest absolute Gasteiger partial charge is 0.347 e. The van der Waals surface area contributed by atoms with Crippen molar-refractivity contribution in [3.8, 4) is 0 Å². The second-order valence-electron chi connectivity index (χ2n) is 3.74. The van der Waals surface area contributed by atoms with Crippen LogP contribution >= 0.6 is 27.3 Å². The predicted molar refractivity (Wildman–Crippen MR) is 77.8 cm³/mol. The number of nitrogens with zero attached hydrogens (tertiary/aromatic N) is 2. The van der Waals surface area contributed by atoms with E-state index in [1.54, 1.807) is 17.8 Å².